The molecule has 0 fully saturated rings. The fourth-order valence-corrected chi connectivity index (χ4v) is 6.39. The molecule has 1 aliphatic carbocycles. The summed E-state index contributed by atoms with van der Waals surface area (Å²) in [6.07, 6.45) is 6.07. The van der Waals surface area contributed by atoms with Crippen molar-refractivity contribution < 1.29 is 14.3 Å². The molecule has 6 aromatic rings. The summed E-state index contributed by atoms with van der Waals surface area (Å²) in [4.78, 5) is 45.5. The fraction of sp³-hybridized carbons (Fsp3) is 0.263. The van der Waals surface area contributed by atoms with Crippen LogP contribution in [0.5, 0.6) is 0 Å². The number of nitrogens with two attached hydrogens (primary N) is 1. The van der Waals surface area contributed by atoms with Crippen LogP contribution in [0.2, 0.25) is 0 Å². The predicted molar refractivity (Wildman–Crippen MR) is 189 cm³/mol. The summed E-state index contributed by atoms with van der Waals surface area (Å²) in [7, 11) is 0. The highest BCUT2D eigenvalue weighted by Gasteiger charge is 2.27. The topological polar surface area (TPSA) is 151 Å². The standard InChI is InChI=1S/C38H36N8O4/c1-23(41-35(47)32-33(39)43-44-21-11-20-40-34(32)44)30-22-25-13-10-12-24(31(25)36(48)45(30)26-14-6-5-7-15-26)18-19-28-27-16-8-9-17-29(27)46(42-28)37(49)50-38(2,3)4/h5-7,10-15,20-23H,8-9,16-17H2,1-4H3,(H2,39,43)(H,41,47)/t23-/m0/s1. The maximum Gasteiger partial charge on any atom is 0.435 e. The molecule has 0 saturated carbocycles. The van der Waals surface area contributed by atoms with E-state index in [1.807, 2.05) is 69.3 Å². The maximum atomic E-state index is 14.5. The van der Waals surface area contributed by atoms with Crippen molar-refractivity contribution in [2.24, 2.45) is 0 Å². The number of nitrogens with one attached hydrogen (secondary N) is 1. The molecular formula is C38H36N8O4. The quantitative estimate of drug-likeness (QED) is 0.238. The molecule has 12 heteroatoms. The molecule has 1 amide bonds. The third-order valence-corrected chi connectivity index (χ3v) is 8.59. The van der Waals surface area contributed by atoms with Crippen molar-refractivity contribution in [3.63, 3.8) is 0 Å². The van der Waals surface area contributed by atoms with Gasteiger partial charge in [-0.05, 0) is 95.0 Å². The van der Waals surface area contributed by atoms with Crippen LogP contribution in [-0.4, -0.2) is 46.5 Å². The van der Waals surface area contributed by atoms with Crippen LogP contribution in [0.25, 0.3) is 22.1 Å². The van der Waals surface area contributed by atoms with E-state index in [9.17, 15) is 14.4 Å². The summed E-state index contributed by atoms with van der Waals surface area (Å²) in [6, 6.07) is 17.7. The third-order valence-electron chi connectivity index (χ3n) is 8.59. The number of amides is 1. The molecule has 252 valence electrons. The SMILES string of the molecule is C[C@H](NC(=O)c1c(N)nn2cccnc12)c1cc2cccc(C#Cc3nn(C(=O)OC(C)(C)C)c4c3CCCC4)c2c(=O)n1-c1ccccc1. The zero-order valence-corrected chi connectivity index (χ0v) is 28.2. The summed E-state index contributed by atoms with van der Waals surface area (Å²) in [5, 5.41) is 12.9. The zero-order chi connectivity index (χ0) is 35.2. The number of hydrogen-bond donors (Lipinski definition) is 2. The molecular weight excluding hydrogens is 632 g/mol. The van der Waals surface area contributed by atoms with E-state index in [-0.39, 0.29) is 16.9 Å². The summed E-state index contributed by atoms with van der Waals surface area (Å²) < 4.78 is 10.0. The maximum absolute atomic E-state index is 14.5. The van der Waals surface area contributed by atoms with Crippen molar-refractivity contribution in [3.05, 3.63) is 117 Å². The summed E-state index contributed by atoms with van der Waals surface area (Å²) in [5.74, 6) is 5.97. The monoisotopic (exact) mass is 668 g/mol. The Balaban J connectivity index is 1.32. The van der Waals surface area contributed by atoms with Gasteiger partial charge in [0.1, 0.15) is 16.9 Å². The number of nitrogen functional groups attached to an aromatic ring is 1. The van der Waals surface area contributed by atoms with Crippen molar-refractivity contribution in [2.75, 3.05) is 5.73 Å². The van der Waals surface area contributed by atoms with Crippen LogP contribution in [0.3, 0.4) is 0 Å². The van der Waals surface area contributed by atoms with Gasteiger partial charge in [0.05, 0.1) is 17.1 Å². The Labute approximate surface area is 287 Å². The summed E-state index contributed by atoms with van der Waals surface area (Å²) in [5.41, 5.74) is 9.59. The van der Waals surface area contributed by atoms with Crippen LogP contribution in [0, 0.1) is 11.8 Å². The Bertz CT molecular complexity index is 2420. The first kappa shape index (κ1) is 32.3. The lowest BCUT2D eigenvalue weighted by Crippen LogP contribution is -2.32. The second kappa shape index (κ2) is 12.7. The second-order valence-corrected chi connectivity index (χ2v) is 13.3. The first-order chi connectivity index (χ1) is 24.0. The molecule has 0 radical (unpaired) electrons. The Morgan fingerprint density at radius 3 is 2.56 bits per heavy atom. The van der Waals surface area contributed by atoms with E-state index in [1.165, 1.54) is 9.20 Å². The fourth-order valence-electron chi connectivity index (χ4n) is 6.39. The van der Waals surface area contributed by atoms with Crippen molar-refractivity contribution in [1.82, 2.24) is 34.3 Å². The van der Waals surface area contributed by atoms with E-state index in [1.54, 1.807) is 36.0 Å². The van der Waals surface area contributed by atoms with E-state index in [4.69, 9.17) is 10.5 Å². The molecule has 12 nitrogen and oxygen atoms in total. The normalized spacial score (nSPS) is 13.4. The molecule has 0 spiro atoms. The van der Waals surface area contributed by atoms with Gasteiger partial charge < -0.3 is 15.8 Å². The van der Waals surface area contributed by atoms with Gasteiger partial charge in [0.2, 0.25) is 0 Å². The Hall–Kier alpha value is -6.22. The molecule has 0 bridgehead atoms. The minimum absolute atomic E-state index is 0.0489. The molecule has 1 aliphatic rings. The van der Waals surface area contributed by atoms with Crippen LogP contribution < -0.4 is 16.6 Å². The van der Waals surface area contributed by atoms with Crippen molar-refractivity contribution >= 4 is 34.2 Å². The number of benzene rings is 2. The molecule has 50 heavy (non-hydrogen) atoms. The zero-order valence-electron chi connectivity index (χ0n) is 28.2. The van der Waals surface area contributed by atoms with Gasteiger partial charge in [0, 0.05) is 34.9 Å². The predicted octanol–water partition coefficient (Wildman–Crippen LogP) is 5.36. The largest absolute Gasteiger partial charge is 0.442 e. The van der Waals surface area contributed by atoms with Crippen LogP contribution in [-0.2, 0) is 17.6 Å². The highest BCUT2D eigenvalue weighted by Crippen LogP contribution is 2.27. The molecule has 1 atom stereocenters. The first-order valence-electron chi connectivity index (χ1n) is 16.5. The van der Waals surface area contributed by atoms with Crippen molar-refractivity contribution in [2.45, 2.75) is 65.0 Å². The lowest BCUT2D eigenvalue weighted by atomic mass is 9.95. The van der Waals surface area contributed by atoms with Crippen LogP contribution in [0.4, 0.5) is 10.6 Å². The number of carbonyl (C=O) groups excluding carboxylic acids is 2. The average Bonchev–Trinajstić information content (AvgIpc) is 3.63. The highest BCUT2D eigenvalue weighted by atomic mass is 16.6. The number of carbonyl (C=O) groups is 2. The minimum Gasteiger partial charge on any atom is -0.442 e. The molecule has 0 unspecified atom stereocenters. The van der Waals surface area contributed by atoms with Crippen LogP contribution in [0.15, 0.2) is 77.9 Å². The first-order valence-corrected chi connectivity index (χ1v) is 16.5. The van der Waals surface area contributed by atoms with Gasteiger partial charge in [0.25, 0.3) is 11.5 Å². The number of anilines is 1. The summed E-state index contributed by atoms with van der Waals surface area (Å²) in [6.45, 7) is 7.26. The number of nitrogens with zero attached hydrogens (tertiary/aromatic N) is 6. The van der Waals surface area contributed by atoms with Gasteiger partial charge >= 0.3 is 6.09 Å². The van der Waals surface area contributed by atoms with Crippen molar-refractivity contribution in [1.29, 1.82) is 0 Å². The number of para-hydroxylation sites is 1. The lowest BCUT2D eigenvalue weighted by Gasteiger charge is -2.21. The van der Waals surface area contributed by atoms with Crippen LogP contribution in [0.1, 0.15) is 85.1 Å². The number of fused-ring (bicyclic) bond motifs is 3. The Morgan fingerprint density at radius 2 is 1.78 bits per heavy atom. The third kappa shape index (κ3) is 5.98. The van der Waals surface area contributed by atoms with Gasteiger partial charge in [-0.3, -0.25) is 14.2 Å². The van der Waals surface area contributed by atoms with E-state index >= 15 is 0 Å². The van der Waals surface area contributed by atoms with Gasteiger partial charge in [-0.25, -0.2) is 14.3 Å². The molecule has 4 heterocycles. The number of ether oxygens (including phenoxy) is 1. The van der Waals surface area contributed by atoms with E-state index < -0.39 is 23.6 Å². The second-order valence-electron chi connectivity index (χ2n) is 13.3. The number of hydrogen-bond acceptors (Lipinski definition) is 8. The molecule has 3 N–H and O–H groups in total. The molecule has 4 aromatic heterocycles. The number of aromatic nitrogens is 6. The summed E-state index contributed by atoms with van der Waals surface area (Å²) >= 11 is 0. The number of rotatable bonds is 4. The lowest BCUT2D eigenvalue weighted by molar-refractivity contribution is 0.0508. The molecule has 7 rings (SSSR count). The smallest absolute Gasteiger partial charge is 0.435 e. The highest BCUT2D eigenvalue weighted by molar-refractivity contribution is 6.04. The van der Waals surface area contributed by atoms with Gasteiger partial charge in [-0.1, -0.05) is 36.3 Å². The van der Waals surface area contributed by atoms with E-state index in [0.29, 0.717) is 45.5 Å². The molecule has 2 aromatic carbocycles. The van der Waals surface area contributed by atoms with Crippen LogP contribution >= 0.6 is 0 Å². The Morgan fingerprint density at radius 1 is 1.00 bits per heavy atom. The average molecular weight is 669 g/mol. The molecule has 0 saturated heterocycles. The Kier molecular flexibility index (Phi) is 8.19. The number of pyridine rings is 1. The van der Waals surface area contributed by atoms with E-state index in [2.05, 4.69) is 32.3 Å². The van der Waals surface area contributed by atoms with Gasteiger partial charge in [-0.15, -0.1) is 5.10 Å². The van der Waals surface area contributed by atoms with Gasteiger partial charge in [-0.2, -0.15) is 9.78 Å². The minimum atomic E-state index is -0.671. The van der Waals surface area contributed by atoms with Crippen molar-refractivity contribution in [3.8, 4) is 17.5 Å². The van der Waals surface area contributed by atoms with Gasteiger partial charge in [0.15, 0.2) is 11.5 Å². The van der Waals surface area contributed by atoms with E-state index in [0.717, 1.165) is 30.5 Å². The molecule has 0 aliphatic heterocycles.